The first-order valence-corrected chi connectivity index (χ1v) is 15.2. The second-order valence-corrected chi connectivity index (χ2v) is 12.1. The van der Waals surface area contributed by atoms with Crippen LogP contribution in [0, 0.1) is 5.92 Å². The molecule has 2 rings (SSSR count). The molecule has 2 aromatic carbocycles. The minimum Gasteiger partial charge on any atom is -0.492 e. The number of nitrogens with zero attached hydrogens (tertiary/aromatic N) is 2. The molecule has 0 aromatic heterocycles. The van der Waals surface area contributed by atoms with Crippen LogP contribution in [0.4, 0.5) is 5.69 Å². The Morgan fingerprint density at radius 3 is 2.24 bits per heavy atom. The van der Waals surface area contributed by atoms with E-state index in [-0.39, 0.29) is 43.7 Å². The minimum atomic E-state index is -3.65. The highest BCUT2D eigenvalue weighted by Gasteiger charge is 2.28. The number of halogens is 2. The Bertz CT molecular complexity index is 1190. The standard InChI is InChI=1S/C27H37Cl2N3O5S/c1-6-37-25-14-8-7-13-24(25)32(38(5,35)36)16-10-15-26(33)31(20(4)27(34)30-17-19(2)3)18-21-22(28)11-9-12-23(21)29/h7-9,11-14,19-20H,6,10,15-18H2,1-5H3,(H,30,34). The first-order valence-electron chi connectivity index (χ1n) is 12.6. The SMILES string of the molecule is CCOc1ccccc1N(CCCC(=O)N(Cc1c(Cl)cccc1Cl)C(C)C(=O)NCC(C)C)S(C)(=O)=O. The lowest BCUT2D eigenvalue weighted by Crippen LogP contribution is -2.48. The molecule has 0 spiro atoms. The number of sulfonamides is 1. The molecule has 0 radical (unpaired) electrons. The summed E-state index contributed by atoms with van der Waals surface area (Å²) in [6, 6.07) is 11.1. The van der Waals surface area contributed by atoms with E-state index in [1.807, 2.05) is 20.8 Å². The van der Waals surface area contributed by atoms with Gasteiger partial charge in [-0.2, -0.15) is 0 Å². The second-order valence-electron chi connectivity index (χ2n) is 9.38. The van der Waals surface area contributed by atoms with Crippen LogP contribution in [-0.2, 0) is 26.2 Å². The van der Waals surface area contributed by atoms with Crippen LogP contribution in [0.1, 0.15) is 46.1 Å². The van der Waals surface area contributed by atoms with E-state index in [9.17, 15) is 18.0 Å². The van der Waals surface area contributed by atoms with E-state index >= 15 is 0 Å². The number of carbonyl (C=O) groups is 2. The molecule has 0 saturated carbocycles. The maximum atomic E-state index is 13.5. The Morgan fingerprint density at radius 2 is 1.66 bits per heavy atom. The topological polar surface area (TPSA) is 96.0 Å². The number of benzene rings is 2. The van der Waals surface area contributed by atoms with Gasteiger partial charge in [0.1, 0.15) is 11.8 Å². The molecule has 38 heavy (non-hydrogen) atoms. The Balaban J connectivity index is 2.25. The highest BCUT2D eigenvalue weighted by atomic mass is 35.5. The molecule has 210 valence electrons. The molecule has 0 heterocycles. The molecule has 0 aliphatic heterocycles. The van der Waals surface area contributed by atoms with Crippen molar-refractivity contribution in [3.63, 3.8) is 0 Å². The first-order chi connectivity index (χ1) is 17.9. The molecule has 0 aliphatic carbocycles. The van der Waals surface area contributed by atoms with Gasteiger partial charge < -0.3 is 15.0 Å². The predicted molar refractivity (Wildman–Crippen MR) is 153 cm³/mol. The molecular weight excluding hydrogens is 549 g/mol. The first kappa shape index (κ1) is 31.7. The van der Waals surface area contributed by atoms with Crippen LogP contribution in [-0.4, -0.2) is 57.1 Å². The summed E-state index contributed by atoms with van der Waals surface area (Å²) in [5.74, 6) is 0.0744. The third kappa shape index (κ3) is 9.06. The molecule has 11 heteroatoms. The van der Waals surface area contributed by atoms with Crippen molar-refractivity contribution in [2.24, 2.45) is 5.92 Å². The molecule has 8 nitrogen and oxygen atoms in total. The normalized spacial score (nSPS) is 12.2. The molecule has 0 fully saturated rings. The van der Waals surface area contributed by atoms with Gasteiger partial charge in [-0.25, -0.2) is 8.42 Å². The van der Waals surface area contributed by atoms with Gasteiger partial charge in [-0.1, -0.05) is 55.2 Å². The van der Waals surface area contributed by atoms with E-state index in [4.69, 9.17) is 27.9 Å². The van der Waals surface area contributed by atoms with Crippen LogP contribution in [0.25, 0.3) is 0 Å². The smallest absolute Gasteiger partial charge is 0.242 e. The zero-order valence-corrected chi connectivity index (χ0v) is 24.9. The Kier molecular flexibility index (Phi) is 12.2. The van der Waals surface area contributed by atoms with Crippen LogP contribution >= 0.6 is 23.2 Å². The average Bonchev–Trinajstić information content (AvgIpc) is 2.84. The molecule has 0 aliphatic rings. The van der Waals surface area contributed by atoms with Crippen molar-refractivity contribution < 1.29 is 22.7 Å². The molecule has 2 aromatic rings. The highest BCUT2D eigenvalue weighted by molar-refractivity contribution is 7.92. The van der Waals surface area contributed by atoms with E-state index in [2.05, 4.69) is 5.32 Å². The van der Waals surface area contributed by atoms with Crippen molar-refractivity contribution in [3.8, 4) is 5.75 Å². The van der Waals surface area contributed by atoms with Crippen molar-refractivity contribution in [1.29, 1.82) is 0 Å². The van der Waals surface area contributed by atoms with Crippen LogP contribution in [0.3, 0.4) is 0 Å². The van der Waals surface area contributed by atoms with Crippen molar-refractivity contribution in [2.75, 3.05) is 30.3 Å². The van der Waals surface area contributed by atoms with E-state index in [0.29, 0.717) is 40.2 Å². The third-order valence-corrected chi connectivity index (χ3v) is 7.72. The Labute approximate surface area is 236 Å². The number of anilines is 1. The summed E-state index contributed by atoms with van der Waals surface area (Å²) in [5.41, 5.74) is 0.946. The fourth-order valence-electron chi connectivity index (χ4n) is 3.81. The fraction of sp³-hybridized carbons (Fsp3) is 0.481. The van der Waals surface area contributed by atoms with E-state index < -0.39 is 16.1 Å². The quantitative estimate of drug-likeness (QED) is 0.331. The van der Waals surface area contributed by atoms with Gasteiger partial charge in [0.25, 0.3) is 0 Å². The van der Waals surface area contributed by atoms with Gasteiger partial charge in [-0.3, -0.25) is 13.9 Å². The zero-order chi connectivity index (χ0) is 28.5. The van der Waals surface area contributed by atoms with Gasteiger partial charge in [0.05, 0.1) is 18.6 Å². The summed E-state index contributed by atoms with van der Waals surface area (Å²) in [5, 5.41) is 3.65. The van der Waals surface area contributed by atoms with Crippen molar-refractivity contribution in [3.05, 3.63) is 58.1 Å². The lowest BCUT2D eigenvalue weighted by molar-refractivity contribution is -0.140. The van der Waals surface area contributed by atoms with Gasteiger partial charge in [0, 0.05) is 41.7 Å². The maximum Gasteiger partial charge on any atom is 0.242 e. The summed E-state index contributed by atoms with van der Waals surface area (Å²) in [6.07, 6.45) is 1.34. The van der Waals surface area contributed by atoms with Crippen LogP contribution in [0.15, 0.2) is 42.5 Å². The Hall–Kier alpha value is -2.49. The number of hydrogen-bond acceptors (Lipinski definition) is 5. The van der Waals surface area contributed by atoms with E-state index in [1.165, 1.54) is 9.21 Å². The van der Waals surface area contributed by atoms with Crippen molar-refractivity contribution in [1.82, 2.24) is 10.2 Å². The second kappa shape index (κ2) is 14.6. The summed E-state index contributed by atoms with van der Waals surface area (Å²) in [6.45, 7) is 8.38. The number of nitrogens with one attached hydrogen (secondary N) is 1. The molecule has 1 atom stereocenters. The number of ether oxygens (including phenoxy) is 1. The lowest BCUT2D eigenvalue weighted by Gasteiger charge is -2.30. The summed E-state index contributed by atoms with van der Waals surface area (Å²) in [4.78, 5) is 27.8. The van der Waals surface area contributed by atoms with Crippen molar-refractivity contribution in [2.45, 2.75) is 53.1 Å². The summed E-state index contributed by atoms with van der Waals surface area (Å²) >= 11 is 12.7. The van der Waals surface area contributed by atoms with Gasteiger partial charge in [0.2, 0.25) is 21.8 Å². The van der Waals surface area contributed by atoms with Gasteiger partial charge in [-0.05, 0) is 50.5 Å². The number of amides is 2. The molecule has 0 bridgehead atoms. The van der Waals surface area contributed by atoms with Gasteiger partial charge in [-0.15, -0.1) is 0 Å². The maximum absolute atomic E-state index is 13.5. The fourth-order valence-corrected chi connectivity index (χ4v) is 5.30. The molecule has 0 saturated heterocycles. The predicted octanol–water partition coefficient (Wildman–Crippen LogP) is 5.13. The van der Waals surface area contributed by atoms with Crippen LogP contribution in [0.5, 0.6) is 5.75 Å². The monoisotopic (exact) mass is 585 g/mol. The van der Waals surface area contributed by atoms with Crippen LogP contribution in [0.2, 0.25) is 10.0 Å². The number of hydrogen-bond donors (Lipinski definition) is 1. The van der Waals surface area contributed by atoms with Crippen molar-refractivity contribution >= 4 is 50.7 Å². The molecule has 1 N–H and O–H groups in total. The summed E-state index contributed by atoms with van der Waals surface area (Å²) in [7, 11) is -3.65. The Morgan fingerprint density at radius 1 is 1.03 bits per heavy atom. The zero-order valence-electron chi connectivity index (χ0n) is 22.5. The minimum absolute atomic E-state index is 0.00664. The molecular formula is C27H37Cl2N3O5S. The third-order valence-electron chi connectivity index (χ3n) is 5.83. The van der Waals surface area contributed by atoms with E-state index in [0.717, 1.165) is 6.26 Å². The number of carbonyl (C=O) groups excluding carboxylic acids is 2. The largest absolute Gasteiger partial charge is 0.492 e. The number of rotatable bonds is 14. The molecule has 2 amide bonds. The number of para-hydroxylation sites is 2. The van der Waals surface area contributed by atoms with Gasteiger partial charge in [0.15, 0.2) is 0 Å². The summed E-state index contributed by atoms with van der Waals surface area (Å²) < 4.78 is 32.1. The lowest BCUT2D eigenvalue weighted by atomic mass is 10.1. The van der Waals surface area contributed by atoms with E-state index in [1.54, 1.807) is 49.4 Å². The highest BCUT2D eigenvalue weighted by Crippen LogP contribution is 2.31. The van der Waals surface area contributed by atoms with Crippen LogP contribution < -0.4 is 14.4 Å². The van der Waals surface area contributed by atoms with Gasteiger partial charge >= 0.3 is 0 Å². The average molecular weight is 587 g/mol. The molecule has 1 unspecified atom stereocenters.